The van der Waals surface area contributed by atoms with E-state index >= 15 is 0 Å². The molecule has 0 saturated carbocycles. The SMILES string of the molecule is C=C(C)C(=O)OC(=O)c1ccc(C(=O)OC(=O)C(=C)C)c(C(=O)OC=CC)c1. The van der Waals surface area contributed by atoms with Gasteiger partial charge in [0.05, 0.1) is 23.0 Å². The molecule has 0 atom stereocenters. The minimum atomic E-state index is -1.14. The summed E-state index contributed by atoms with van der Waals surface area (Å²) >= 11 is 0. The van der Waals surface area contributed by atoms with Gasteiger partial charge in [0, 0.05) is 11.1 Å². The second-order valence-corrected chi connectivity index (χ2v) is 5.55. The van der Waals surface area contributed by atoms with Crippen molar-refractivity contribution in [3.8, 4) is 0 Å². The first-order valence-corrected chi connectivity index (χ1v) is 7.88. The molecule has 0 heterocycles. The van der Waals surface area contributed by atoms with Crippen LogP contribution in [0.3, 0.4) is 0 Å². The highest BCUT2D eigenvalue weighted by atomic mass is 16.6. The van der Waals surface area contributed by atoms with E-state index in [2.05, 4.69) is 22.6 Å². The van der Waals surface area contributed by atoms with Crippen LogP contribution in [0.25, 0.3) is 0 Å². The quantitative estimate of drug-likeness (QED) is 0.241. The largest absolute Gasteiger partial charge is 0.431 e. The molecule has 0 radical (unpaired) electrons. The highest BCUT2D eigenvalue weighted by molar-refractivity contribution is 6.09. The molecule has 0 unspecified atom stereocenters. The maximum absolute atomic E-state index is 12.2. The van der Waals surface area contributed by atoms with Crippen LogP contribution in [0.4, 0.5) is 0 Å². The molecule has 0 spiro atoms. The number of ether oxygens (including phenoxy) is 3. The first kappa shape index (κ1) is 22.2. The average molecular weight is 386 g/mol. The highest BCUT2D eigenvalue weighted by Crippen LogP contribution is 2.17. The van der Waals surface area contributed by atoms with E-state index in [-0.39, 0.29) is 27.8 Å². The number of hydrogen-bond donors (Lipinski definition) is 0. The Morgan fingerprint density at radius 2 is 1.36 bits per heavy atom. The van der Waals surface area contributed by atoms with Gasteiger partial charge in [0.15, 0.2) is 0 Å². The molecule has 8 nitrogen and oxygen atoms in total. The number of rotatable bonds is 6. The van der Waals surface area contributed by atoms with Crippen molar-refractivity contribution in [2.24, 2.45) is 0 Å². The van der Waals surface area contributed by atoms with Gasteiger partial charge in [-0.15, -0.1) is 0 Å². The van der Waals surface area contributed by atoms with Crippen molar-refractivity contribution in [1.82, 2.24) is 0 Å². The lowest BCUT2D eigenvalue weighted by Crippen LogP contribution is -2.19. The summed E-state index contributed by atoms with van der Waals surface area (Å²) in [5, 5.41) is 0. The van der Waals surface area contributed by atoms with Crippen LogP contribution in [0.2, 0.25) is 0 Å². The fraction of sp³-hybridized carbons (Fsp3) is 0.150. The standard InChI is InChI=1S/C20H18O8/c1-6-9-26-19(24)15-10-13(18(23)27-16(21)11(2)3)7-8-14(15)20(25)28-17(22)12(4)5/h6-10H,2,4H2,1,3,5H3. The van der Waals surface area contributed by atoms with Crippen LogP contribution in [0, 0.1) is 0 Å². The third-order valence-electron chi connectivity index (χ3n) is 3.07. The molecular weight excluding hydrogens is 368 g/mol. The van der Waals surface area contributed by atoms with Gasteiger partial charge in [-0.05, 0) is 39.0 Å². The Morgan fingerprint density at radius 1 is 0.821 bits per heavy atom. The lowest BCUT2D eigenvalue weighted by atomic mass is 10.0. The summed E-state index contributed by atoms with van der Waals surface area (Å²) in [4.78, 5) is 59.6. The number of benzene rings is 1. The maximum Gasteiger partial charge on any atom is 0.346 e. The first-order chi connectivity index (χ1) is 13.1. The van der Waals surface area contributed by atoms with Crippen molar-refractivity contribution in [3.05, 3.63) is 71.5 Å². The second-order valence-electron chi connectivity index (χ2n) is 5.55. The molecule has 0 fully saturated rings. The van der Waals surface area contributed by atoms with Crippen molar-refractivity contribution in [3.63, 3.8) is 0 Å². The molecule has 28 heavy (non-hydrogen) atoms. The molecular formula is C20H18O8. The summed E-state index contributed by atoms with van der Waals surface area (Å²) in [6.45, 7) is 11.0. The van der Waals surface area contributed by atoms with Crippen LogP contribution >= 0.6 is 0 Å². The number of carbonyl (C=O) groups is 5. The molecule has 1 rings (SSSR count). The normalized spacial score (nSPS) is 10.1. The van der Waals surface area contributed by atoms with Crippen molar-refractivity contribution in [2.45, 2.75) is 20.8 Å². The zero-order valence-corrected chi connectivity index (χ0v) is 15.6. The van der Waals surface area contributed by atoms with Crippen LogP contribution in [-0.2, 0) is 23.8 Å². The number of allylic oxidation sites excluding steroid dienone is 1. The van der Waals surface area contributed by atoms with Crippen LogP contribution < -0.4 is 0 Å². The van der Waals surface area contributed by atoms with Gasteiger partial charge in [-0.3, -0.25) is 0 Å². The van der Waals surface area contributed by atoms with Gasteiger partial charge in [-0.2, -0.15) is 0 Å². The Bertz CT molecular complexity index is 905. The van der Waals surface area contributed by atoms with E-state index in [9.17, 15) is 24.0 Å². The van der Waals surface area contributed by atoms with Crippen LogP contribution in [0.1, 0.15) is 51.8 Å². The van der Waals surface area contributed by atoms with E-state index in [4.69, 9.17) is 4.74 Å². The second kappa shape index (κ2) is 9.77. The Hall–Kier alpha value is -3.81. The lowest BCUT2D eigenvalue weighted by molar-refractivity contribution is -0.134. The Kier molecular flexibility index (Phi) is 7.76. The average Bonchev–Trinajstić information content (AvgIpc) is 2.64. The Morgan fingerprint density at radius 3 is 1.86 bits per heavy atom. The zero-order valence-electron chi connectivity index (χ0n) is 15.6. The zero-order chi connectivity index (χ0) is 21.4. The predicted molar refractivity (Wildman–Crippen MR) is 97.1 cm³/mol. The topological polar surface area (TPSA) is 113 Å². The van der Waals surface area contributed by atoms with E-state index in [0.717, 1.165) is 24.5 Å². The minimum absolute atomic E-state index is 0.000397. The van der Waals surface area contributed by atoms with Gasteiger partial charge in [-0.25, -0.2) is 24.0 Å². The fourth-order valence-corrected chi connectivity index (χ4v) is 1.67. The third kappa shape index (κ3) is 5.87. The van der Waals surface area contributed by atoms with E-state index < -0.39 is 29.8 Å². The van der Waals surface area contributed by atoms with Crippen molar-refractivity contribution in [2.75, 3.05) is 0 Å². The fourth-order valence-electron chi connectivity index (χ4n) is 1.67. The summed E-state index contributed by atoms with van der Waals surface area (Å²) in [7, 11) is 0. The predicted octanol–water partition coefficient (Wildman–Crippen LogP) is 2.90. The minimum Gasteiger partial charge on any atom is -0.431 e. The summed E-state index contributed by atoms with van der Waals surface area (Å²) in [6.07, 6.45) is 2.48. The van der Waals surface area contributed by atoms with Gasteiger partial charge >= 0.3 is 29.8 Å². The van der Waals surface area contributed by atoms with Gasteiger partial charge < -0.3 is 14.2 Å². The molecule has 8 heteroatoms. The van der Waals surface area contributed by atoms with Crippen LogP contribution in [-0.4, -0.2) is 29.8 Å². The van der Waals surface area contributed by atoms with Gasteiger partial charge in [0.1, 0.15) is 0 Å². The van der Waals surface area contributed by atoms with E-state index in [1.54, 1.807) is 6.92 Å². The molecule has 0 saturated heterocycles. The molecule has 0 bridgehead atoms. The number of carbonyl (C=O) groups excluding carboxylic acids is 5. The molecule has 146 valence electrons. The lowest BCUT2D eigenvalue weighted by Gasteiger charge is -2.09. The summed E-state index contributed by atoms with van der Waals surface area (Å²) < 4.78 is 14.0. The van der Waals surface area contributed by atoms with Gasteiger partial charge in [-0.1, -0.05) is 19.2 Å². The molecule has 0 aliphatic carbocycles. The third-order valence-corrected chi connectivity index (χ3v) is 3.07. The van der Waals surface area contributed by atoms with Crippen molar-refractivity contribution < 1.29 is 38.2 Å². The highest BCUT2D eigenvalue weighted by Gasteiger charge is 2.24. The summed E-state index contributed by atoms with van der Waals surface area (Å²) in [5.74, 6) is -5.12. The molecule has 0 amide bonds. The van der Waals surface area contributed by atoms with Gasteiger partial charge in [0.25, 0.3) is 0 Å². The molecule has 0 aliphatic rings. The molecule has 1 aromatic carbocycles. The smallest absolute Gasteiger partial charge is 0.346 e. The molecule has 0 N–H and O–H groups in total. The number of hydrogen-bond acceptors (Lipinski definition) is 8. The van der Waals surface area contributed by atoms with Crippen molar-refractivity contribution >= 4 is 29.8 Å². The van der Waals surface area contributed by atoms with Crippen LogP contribution in [0.5, 0.6) is 0 Å². The van der Waals surface area contributed by atoms with Gasteiger partial charge in [0.2, 0.25) is 0 Å². The molecule has 0 aromatic heterocycles. The van der Waals surface area contributed by atoms with E-state index in [0.29, 0.717) is 0 Å². The Labute approximate surface area is 161 Å². The monoisotopic (exact) mass is 386 g/mol. The van der Waals surface area contributed by atoms with Crippen molar-refractivity contribution in [1.29, 1.82) is 0 Å². The maximum atomic E-state index is 12.2. The first-order valence-electron chi connectivity index (χ1n) is 7.88. The summed E-state index contributed by atoms with van der Waals surface area (Å²) in [5.41, 5.74) is -0.920. The van der Waals surface area contributed by atoms with Crippen LogP contribution in [0.15, 0.2) is 54.8 Å². The Balaban J connectivity index is 3.31. The number of esters is 5. The van der Waals surface area contributed by atoms with E-state index in [1.165, 1.54) is 19.9 Å². The summed E-state index contributed by atoms with van der Waals surface area (Å²) in [6, 6.07) is 3.19. The molecule has 0 aliphatic heterocycles. The molecule has 1 aromatic rings. The van der Waals surface area contributed by atoms with E-state index in [1.807, 2.05) is 0 Å².